The molecule has 1 saturated carbocycles. The molecule has 2 rings (SSSR count). The summed E-state index contributed by atoms with van der Waals surface area (Å²) in [5, 5.41) is 3.86. The van der Waals surface area contributed by atoms with E-state index >= 15 is 0 Å². The van der Waals surface area contributed by atoms with E-state index in [0.717, 1.165) is 5.56 Å². The third-order valence-electron chi connectivity index (χ3n) is 3.79. The average Bonchev–Trinajstić information content (AvgIpc) is 3.20. The van der Waals surface area contributed by atoms with Crippen LogP contribution in [0.4, 0.5) is 0 Å². The Labute approximate surface area is 132 Å². The van der Waals surface area contributed by atoms with Crippen molar-refractivity contribution in [3.05, 3.63) is 28.8 Å². The first-order valence-corrected chi connectivity index (χ1v) is 9.15. The largest absolute Gasteiger partial charge is 0.310 e. The summed E-state index contributed by atoms with van der Waals surface area (Å²) < 4.78 is 27.4. The van der Waals surface area contributed by atoms with Crippen LogP contribution in [-0.4, -0.2) is 20.0 Å². The normalized spacial score (nSPS) is 16.2. The van der Waals surface area contributed by atoms with E-state index in [2.05, 4.69) is 10.0 Å². The highest BCUT2D eigenvalue weighted by Crippen LogP contribution is 2.24. The van der Waals surface area contributed by atoms with Crippen molar-refractivity contribution in [1.82, 2.24) is 10.0 Å². The Hall–Kier alpha value is -0.620. The Bertz CT molecular complexity index is 610. The molecule has 0 heterocycles. The lowest BCUT2D eigenvalue weighted by Crippen LogP contribution is -2.42. The second-order valence-corrected chi connectivity index (χ2v) is 8.34. The van der Waals surface area contributed by atoms with Crippen molar-refractivity contribution in [2.75, 3.05) is 0 Å². The van der Waals surface area contributed by atoms with Crippen LogP contribution in [0.1, 0.15) is 45.6 Å². The van der Waals surface area contributed by atoms with E-state index in [9.17, 15) is 8.42 Å². The third kappa shape index (κ3) is 4.68. The van der Waals surface area contributed by atoms with Gasteiger partial charge in [-0.2, -0.15) is 0 Å². The van der Waals surface area contributed by atoms with Gasteiger partial charge in [0.25, 0.3) is 0 Å². The molecule has 0 spiro atoms. The van der Waals surface area contributed by atoms with E-state index in [4.69, 9.17) is 11.6 Å². The standard InChI is InChI=1S/C15H23ClN2O2S/c1-4-15(2,3)18-21(19,20)13-8-5-11(14(16)9-13)10-17-12-6-7-12/h5,8-9,12,17-18H,4,6-7,10H2,1-3H3. The first kappa shape index (κ1) is 16.7. The first-order chi connectivity index (χ1) is 9.73. The van der Waals surface area contributed by atoms with E-state index in [1.165, 1.54) is 18.9 Å². The van der Waals surface area contributed by atoms with Crippen molar-refractivity contribution in [1.29, 1.82) is 0 Å². The Morgan fingerprint density at radius 3 is 2.52 bits per heavy atom. The van der Waals surface area contributed by atoms with Gasteiger partial charge < -0.3 is 5.32 Å². The molecular formula is C15H23ClN2O2S. The minimum atomic E-state index is -3.54. The second kappa shape index (κ2) is 6.24. The molecule has 21 heavy (non-hydrogen) atoms. The molecule has 1 aliphatic rings. The van der Waals surface area contributed by atoms with E-state index in [1.54, 1.807) is 12.1 Å². The summed E-state index contributed by atoms with van der Waals surface area (Å²) in [5.74, 6) is 0. The molecule has 118 valence electrons. The minimum absolute atomic E-state index is 0.212. The quantitative estimate of drug-likeness (QED) is 0.807. The Morgan fingerprint density at radius 2 is 2.00 bits per heavy atom. The number of hydrogen-bond donors (Lipinski definition) is 2. The minimum Gasteiger partial charge on any atom is -0.310 e. The summed E-state index contributed by atoms with van der Waals surface area (Å²) in [6.07, 6.45) is 3.13. The summed E-state index contributed by atoms with van der Waals surface area (Å²) in [6.45, 7) is 6.35. The van der Waals surface area contributed by atoms with Crippen molar-refractivity contribution < 1.29 is 8.42 Å². The van der Waals surface area contributed by atoms with Gasteiger partial charge in [0, 0.05) is 23.1 Å². The highest BCUT2D eigenvalue weighted by Gasteiger charge is 2.25. The Kier molecular flexibility index (Phi) is 4.98. The maximum absolute atomic E-state index is 12.4. The zero-order chi connectivity index (χ0) is 15.7. The molecule has 1 aromatic rings. The Balaban J connectivity index is 2.14. The molecule has 0 unspecified atom stereocenters. The van der Waals surface area contributed by atoms with Crippen molar-refractivity contribution >= 4 is 21.6 Å². The molecule has 0 saturated heterocycles. The Morgan fingerprint density at radius 1 is 1.33 bits per heavy atom. The molecule has 0 radical (unpaired) electrons. The zero-order valence-electron chi connectivity index (χ0n) is 12.7. The van der Waals surface area contributed by atoms with E-state index in [1.807, 2.05) is 20.8 Å². The van der Waals surface area contributed by atoms with Gasteiger partial charge in [-0.1, -0.05) is 24.6 Å². The SMILES string of the molecule is CCC(C)(C)NS(=O)(=O)c1ccc(CNC2CC2)c(Cl)c1. The molecule has 0 atom stereocenters. The van der Waals surface area contributed by atoms with E-state index in [0.29, 0.717) is 24.0 Å². The van der Waals surface area contributed by atoms with Gasteiger partial charge in [0.1, 0.15) is 0 Å². The average molecular weight is 331 g/mol. The molecule has 6 heteroatoms. The van der Waals surface area contributed by atoms with Crippen LogP contribution in [0.15, 0.2) is 23.1 Å². The molecule has 0 aliphatic heterocycles. The molecule has 4 nitrogen and oxygen atoms in total. The summed E-state index contributed by atoms with van der Waals surface area (Å²) >= 11 is 6.21. The number of sulfonamides is 1. The highest BCUT2D eigenvalue weighted by atomic mass is 35.5. The van der Waals surface area contributed by atoms with Gasteiger partial charge in [0.2, 0.25) is 10.0 Å². The smallest absolute Gasteiger partial charge is 0.241 e. The number of hydrogen-bond acceptors (Lipinski definition) is 3. The maximum atomic E-state index is 12.4. The van der Waals surface area contributed by atoms with Gasteiger partial charge >= 0.3 is 0 Å². The topological polar surface area (TPSA) is 58.2 Å². The summed E-state index contributed by atoms with van der Waals surface area (Å²) in [6, 6.07) is 5.52. The van der Waals surface area contributed by atoms with Gasteiger partial charge in [-0.3, -0.25) is 0 Å². The molecule has 0 bridgehead atoms. The number of benzene rings is 1. The molecule has 0 aromatic heterocycles. The van der Waals surface area contributed by atoms with Crippen LogP contribution in [0.25, 0.3) is 0 Å². The molecule has 0 amide bonds. The van der Waals surface area contributed by atoms with Crippen LogP contribution >= 0.6 is 11.6 Å². The molecule has 1 fully saturated rings. The first-order valence-electron chi connectivity index (χ1n) is 7.29. The number of nitrogens with one attached hydrogen (secondary N) is 2. The molecular weight excluding hydrogens is 308 g/mol. The van der Waals surface area contributed by atoms with E-state index in [-0.39, 0.29) is 4.90 Å². The molecule has 1 aliphatic carbocycles. The van der Waals surface area contributed by atoms with Crippen molar-refractivity contribution in [2.45, 2.75) is 63.1 Å². The fraction of sp³-hybridized carbons (Fsp3) is 0.600. The monoisotopic (exact) mass is 330 g/mol. The van der Waals surface area contributed by atoms with Crippen LogP contribution in [-0.2, 0) is 16.6 Å². The highest BCUT2D eigenvalue weighted by molar-refractivity contribution is 7.89. The third-order valence-corrected chi connectivity index (χ3v) is 5.84. The van der Waals surface area contributed by atoms with Crippen LogP contribution in [0, 0.1) is 0 Å². The summed E-state index contributed by atoms with van der Waals surface area (Å²) in [4.78, 5) is 0.212. The number of halogens is 1. The summed E-state index contributed by atoms with van der Waals surface area (Å²) in [7, 11) is -3.54. The van der Waals surface area contributed by atoms with Crippen molar-refractivity contribution in [2.24, 2.45) is 0 Å². The second-order valence-electron chi connectivity index (χ2n) is 6.25. The lowest BCUT2D eigenvalue weighted by Gasteiger charge is -2.24. The van der Waals surface area contributed by atoms with Crippen LogP contribution in [0.5, 0.6) is 0 Å². The van der Waals surface area contributed by atoms with Crippen LogP contribution < -0.4 is 10.0 Å². The predicted octanol–water partition coefficient (Wildman–Crippen LogP) is 3.06. The lowest BCUT2D eigenvalue weighted by molar-refractivity contribution is 0.439. The zero-order valence-corrected chi connectivity index (χ0v) is 14.3. The van der Waals surface area contributed by atoms with Gasteiger partial charge in [-0.25, -0.2) is 13.1 Å². The van der Waals surface area contributed by atoms with Crippen molar-refractivity contribution in [3.63, 3.8) is 0 Å². The van der Waals surface area contributed by atoms with Gasteiger partial charge in [0.15, 0.2) is 0 Å². The van der Waals surface area contributed by atoms with Crippen LogP contribution in [0.3, 0.4) is 0 Å². The number of rotatable bonds is 7. The van der Waals surface area contributed by atoms with E-state index < -0.39 is 15.6 Å². The summed E-state index contributed by atoms with van der Waals surface area (Å²) in [5.41, 5.74) is 0.453. The lowest BCUT2D eigenvalue weighted by atomic mass is 10.0. The van der Waals surface area contributed by atoms with Gasteiger partial charge in [-0.15, -0.1) is 0 Å². The molecule has 1 aromatic carbocycles. The molecule has 2 N–H and O–H groups in total. The van der Waals surface area contributed by atoms with Crippen LogP contribution in [0.2, 0.25) is 5.02 Å². The van der Waals surface area contributed by atoms with Gasteiger partial charge in [-0.05, 0) is 50.8 Å². The fourth-order valence-electron chi connectivity index (χ4n) is 1.88. The predicted molar refractivity (Wildman–Crippen MR) is 86.0 cm³/mol. The van der Waals surface area contributed by atoms with Gasteiger partial charge in [0.05, 0.1) is 4.90 Å². The van der Waals surface area contributed by atoms with Crippen molar-refractivity contribution in [3.8, 4) is 0 Å². The maximum Gasteiger partial charge on any atom is 0.241 e. The fourth-order valence-corrected chi connectivity index (χ4v) is 3.70.